The Morgan fingerprint density at radius 3 is 2.58 bits per heavy atom. The lowest BCUT2D eigenvalue weighted by atomic mass is 10.1. The number of alkyl halides is 3. The molecule has 0 spiro atoms. The molecule has 3 nitrogen and oxygen atoms in total. The van der Waals surface area contributed by atoms with Crippen molar-refractivity contribution in [1.82, 2.24) is 0 Å². The normalized spacial score (nSPS) is 10.6. The Morgan fingerprint density at radius 1 is 1.37 bits per heavy atom. The molecule has 0 aliphatic carbocycles. The van der Waals surface area contributed by atoms with Crippen LogP contribution in [-0.2, 0) is 21.8 Å². The molecule has 0 atom stereocenters. The number of carbonyl (C=O) groups is 1. The molecule has 106 valence electrons. The second-order valence-electron chi connectivity index (χ2n) is 3.55. The first-order chi connectivity index (χ1) is 8.97. The van der Waals surface area contributed by atoms with Gasteiger partial charge in [-0.3, -0.25) is 4.79 Å². The third-order valence-electron chi connectivity index (χ3n) is 2.23. The van der Waals surface area contributed by atoms with Gasteiger partial charge in [-0.2, -0.15) is 8.78 Å². The smallest absolute Gasteiger partial charge is 0.387 e. The second-order valence-corrected chi connectivity index (χ2v) is 3.81. The molecule has 0 saturated carbocycles. The molecule has 1 aromatic carbocycles. The van der Waals surface area contributed by atoms with Gasteiger partial charge in [0.2, 0.25) is 0 Å². The molecule has 0 heterocycles. The SMILES string of the molecule is CCOC(=O)Cc1cc(OC(F)F)c(CCl)cc1F. The Hall–Kier alpha value is -1.43. The Labute approximate surface area is 113 Å². The number of carbonyl (C=O) groups excluding carboxylic acids is 1. The molecule has 0 bridgehead atoms. The predicted molar refractivity (Wildman–Crippen MR) is 62.9 cm³/mol. The van der Waals surface area contributed by atoms with E-state index in [9.17, 15) is 18.0 Å². The van der Waals surface area contributed by atoms with Gasteiger partial charge in [-0.25, -0.2) is 4.39 Å². The monoisotopic (exact) mass is 296 g/mol. The Balaban J connectivity index is 3.01. The van der Waals surface area contributed by atoms with E-state index in [0.717, 1.165) is 12.1 Å². The van der Waals surface area contributed by atoms with Gasteiger partial charge < -0.3 is 9.47 Å². The van der Waals surface area contributed by atoms with Crippen LogP contribution in [0.25, 0.3) is 0 Å². The summed E-state index contributed by atoms with van der Waals surface area (Å²) in [5.74, 6) is -1.79. The molecule has 7 heteroatoms. The number of rotatable bonds is 6. The van der Waals surface area contributed by atoms with E-state index in [1.54, 1.807) is 6.92 Å². The molecule has 19 heavy (non-hydrogen) atoms. The van der Waals surface area contributed by atoms with Gasteiger partial charge in [0.15, 0.2) is 0 Å². The van der Waals surface area contributed by atoms with Gasteiger partial charge in [-0.1, -0.05) is 0 Å². The molecule has 0 aliphatic heterocycles. The van der Waals surface area contributed by atoms with Gasteiger partial charge in [0.25, 0.3) is 0 Å². The molecule has 0 unspecified atom stereocenters. The van der Waals surface area contributed by atoms with Gasteiger partial charge in [0.05, 0.1) is 18.9 Å². The Bertz CT molecular complexity index is 452. The van der Waals surface area contributed by atoms with Gasteiger partial charge in [-0.15, -0.1) is 11.6 Å². The fourth-order valence-electron chi connectivity index (χ4n) is 1.45. The van der Waals surface area contributed by atoms with Crippen LogP contribution in [0.1, 0.15) is 18.1 Å². The van der Waals surface area contributed by atoms with Crippen molar-refractivity contribution < 1.29 is 27.4 Å². The van der Waals surface area contributed by atoms with E-state index in [1.165, 1.54) is 0 Å². The number of esters is 1. The van der Waals surface area contributed by atoms with Crippen LogP contribution in [0, 0.1) is 5.82 Å². The maximum atomic E-state index is 13.6. The van der Waals surface area contributed by atoms with Gasteiger partial charge in [0.1, 0.15) is 11.6 Å². The van der Waals surface area contributed by atoms with Crippen molar-refractivity contribution in [2.45, 2.75) is 25.8 Å². The van der Waals surface area contributed by atoms with Crippen molar-refractivity contribution in [1.29, 1.82) is 0 Å². The predicted octanol–water partition coefficient (Wildman–Crippen LogP) is 3.27. The van der Waals surface area contributed by atoms with Crippen LogP contribution >= 0.6 is 11.6 Å². The quantitative estimate of drug-likeness (QED) is 0.597. The van der Waals surface area contributed by atoms with Crippen LogP contribution in [0.3, 0.4) is 0 Å². The summed E-state index contributed by atoms with van der Waals surface area (Å²) >= 11 is 5.51. The molecule has 0 saturated heterocycles. The standard InChI is InChI=1S/C12H12ClF3O3/c1-2-18-11(17)5-7-4-10(19-12(15)16)8(6-13)3-9(7)14/h3-4,12H,2,5-6H2,1H3. The summed E-state index contributed by atoms with van der Waals surface area (Å²) in [6.45, 7) is -1.29. The summed E-state index contributed by atoms with van der Waals surface area (Å²) in [4.78, 5) is 11.2. The minimum atomic E-state index is -3.05. The molecule has 0 fully saturated rings. The van der Waals surface area contributed by atoms with E-state index in [1.807, 2.05) is 0 Å². The molecule has 0 aromatic heterocycles. The average molecular weight is 297 g/mol. The highest BCUT2D eigenvalue weighted by molar-refractivity contribution is 6.17. The van der Waals surface area contributed by atoms with E-state index in [0.29, 0.717) is 0 Å². The largest absolute Gasteiger partial charge is 0.466 e. The molecule has 0 radical (unpaired) electrons. The Morgan fingerprint density at radius 2 is 2.05 bits per heavy atom. The van der Waals surface area contributed by atoms with Crippen molar-refractivity contribution >= 4 is 17.6 Å². The highest BCUT2D eigenvalue weighted by Gasteiger charge is 2.16. The van der Waals surface area contributed by atoms with E-state index >= 15 is 0 Å². The fourth-order valence-corrected chi connectivity index (χ4v) is 1.66. The Kier molecular flexibility index (Phi) is 5.95. The fraction of sp³-hybridized carbons (Fsp3) is 0.417. The maximum Gasteiger partial charge on any atom is 0.387 e. The zero-order valence-corrected chi connectivity index (χ0v) is 10.8. The van der Waals surface area contributed by atoms with Crippen LogP contribution in [0.2, 0.25) is 0 Å². The van der Waals surface area contributed by atoms with Crippen molar-refractivity contribution in [2.75, 3.05) is 6.61 Å². The van der Waals surface area contributed by atoms with Crippen molar-refractivity contribution in [3.05, 3.63) is 29.1 Å². The minimum absolute atomic E-state index is 0.0806. The first-order valence-electron chi connectivity index (χ1n) is 5.45. The van der Waals surface area contributed by atoms with E-state index in [-0.39, 0.29) is 35.8 Å². The third kappa shape index (κ3) is 4.63. The first kappa shape index (κ1) is 15.6. The van der Waals surface area contributed by atoms with Crippen molar-refractivity contribution in [3.8, 4) is 5.75 Å². The lowest BCUT2D eigenvalue weighted by Crippen LogP contribution is -2.11. The summed E-state index contributed by atoms with van der Waals surface area (Å²) in [7, 11) is 0. The topological polar surface area (TPSA) is 35.5 Å². The van der Waals surface area contributed by atoms with Crippen LogP contribution < -0.4 is 4.74 Å². The second kappa shape index (κ2) is 7.23. The zero-order chi connectivity index (χ0) is 14.4. The highest BCUT2D eigenvalue weighted by Crippen LogP contribution is 2.26. The average Bonchev–Trinajstić information content (AvgIpc) is 2.32. The van der Waals surface area contributed by atoms with Gasteiger partial charge in [0, 0.05) is 11.1 Å². The lowest BCUT2D eigenvalue weighted by molar-refractivity contribution is -0.142. The van der Waals surface area contributed by atoms with E-state index < -0.39 is 18.4 Å². The van der Waals surface area contributed by atoms with Crippen LogP contribution in [0.4, 0.5) is 13.2 Å². The summed E-state index contributed by atoms with van der Waals surface area (Å²) in [6.07, 6.45) is -0.359. The summed E-state index contributed by atoms with van der Waals surface area (Å²) < 4.78 is 46.9. The van der Waals surface area contributed by atoms with Crippen LogP contribution in [0.15, 0.2) is 12.1 Å². The first-order valence-corrected chi connectivity index (χ1v) is 5.99. The summed E-state index contributed by atoms with van der Waals surface area (Å²) in [6, 6.07) is 2.01. The lowest BCUT2D eigenvalue weighted by Gasteiger charge is -2.12. The summed E-state index contributed by atoms with van der Waals surface area (Å²) in [5.41, 5.74) is 0.00930. The minimum Gasteiger partial charge on any atom is -0.466 e. The van der Waals surface area contributed by atoms with Gasteiger partial charge in [-0.05, 0) is 19.1 Å². The maximum absolute atomic E-state index is 13.6. The number of benzene rings is 1. The van der Waals surface area contributed by atoms with Gasteiger partial charge >= 0.3 is 12.6 Å². The number of hydrogen-bond acceptors (Lipinski definition) is 3. The van der Waals surface area contributed by atoms with Crippen LogP contribution in [-0.4, -0.2) is 19.2 Å². The third-order valence-corrected chi connectivity index (χ3v) is 2.52. The van der Waals surface area contributed by atoms with E-state index in [4.69, 9.17) is 11.6 Å². The molecule has 1 rings (SSSR count). The summed E-state index contributed by atoms with van der Waals surface area (Å²) in [5, 5.41) is 0. The zero-order valence-electron chi connectivity index (χ0n) is 10.1. The molecule has 0 aliphatic rings. The number of ether oxygens (including phenoxy) is 2. The number of hydrogen-bond donors (Lipinski definition) is 0. The van der Waals surface area contributed by atoms with Crippen molar-refractivity contribution in [2.24, 2.45) is 0 Å². The molecule has 0 N–H and O–H groups in total. The van der Waals surface area contributed by atoms with Crippen molar-refractivity contribution in [3.63, 3.8) is 0 Å². The molecular formula is C12H12ClF3O3. The molecule has 1 aromatic rings. The molecule has 0 amide bonds. The van der Waals surface area contributed by atoms with Crippen LogP contribution in [0.5, 0.6) is 5.75 Å². The highest BCUT2D eigenvalue weighted by atomic mass is 35.5. The molecular weight excluding hydrogens is 285 g/mol. The van der Waals surface area contributed by atoms with E-state index in [2.05, 4.69) is 9.47 Å². The number of halogens is 4.